The molecule has 2 aromatic rings. The molecular formula is C29H38ClN3O3. The first-order valence-corrected chi connectivity index (χ1v) is 13.5. The lowest BCUT2D eigenvalue weighted by Crippen LogP contribution is -2.44. The van der Waals surface area contributed by atoms with Crippen LogP contribution in [-0.4, -0.2) is 74.7 Å². The summed E-state index contributed by atoms with van der Waals surface area (Å²) in [4.78, 5) is 17.6. The number of halogens is 1. The van der Waals surface area contributed by atoms with E-state index in [1.54, 1.807) is 25.3 Å². The Morgan fingerprint density at radius 3 is 2.50 bits per heavy atom. The first-order chi connectivity index (χ1) is 17.6. The number of benzene rings is 2. The summed E-state index contributed by atoms with van der Waals surface area (Å²) in [5, 5.41) is 3.64. The van der Waals surface area contributed by atoms with Crippen LogP contribution in [0.3, 0.4) is 0 Å². The van der Waals surface area contributed by atoms with Crippen LogP contribution in [0.5, 0.6) is 11.5 Å². The van der Waals surface area contributed by atoms with Crippen molar-refractivity contribution in [3.05, 3.63) is 64.7 Å². The fraction of sp³-hybridized carbons (Fsp3) is 0.483. The molecule has 2 aromatic carbocycles. The molecule has 0 saturated carbocycles. The van der Waals surface area contributed by atoms with Gasteiger partial charge in [0.25, 0.3) is 5.91 Å². The number of hydrogen-bond donors (Lipinski definition) is 1. The van der Waals surface area contributed by atoms with Crippen molar-refractivity contribution < 1.29 is 14.3 Å². The summed E-state index contributed by atoms with van der Waals surface area (Å²) >= 11 is 6.10. The van der Waals surface area contributed by atoms with Crippen LogP contribution in [0.15, 0.2) is 48.5 Å². The second kappa shape index (κ2) is 13.7. The molecule has 2 fully saturated rings. The van der Waals surface area contributed by atoms with Gasteiger partial charge >= 0.3 is 0 Å². The van der Waals surface area contributed by atoms with Crippen molar-refractivity contribution in [1.82, 2.24) is 15.1 Å². The average molecular weight is 512 g/mol. The number of ether oxygens (including phenoxy) is 2. The van der Waals surface area contributed by atoms with Crippen LogP contribution in [0.2, 0.25) is 5.02 Å². The number of piperidine rings is 1. The molecular weight excluding hydrogens is 474 g/mol. The van der Waals surface area contributed by atoms with Gasteiger partial charge in [0.05, 0.1) is 13.7 Å². The zero-order valence-electron chi connectivity index (χ0n) is 21.3. The number of nitrogens with one attached hydrogen (secondary N) is 1. The van der Waals surface area contributed by atoms with Crippen LogP contribution in [0.25, 0.3) is 6.08 Å². The van der Waals surface area contributed by atoms with E-state index in [2.05, 4.69) is 51.5 Å². The van der Waals surface area contributed by atoms with Crippen LogP contribution in [0, 0.1) is 0 Å². The number of methoxy groups -OCH3 is 1. The monoisotopic (exact) mass is 511 g/mol. The molecule has 2 saturated heterocycles. The van der Waals surface area contributed by atoms with E-state index >= 15 is 0 Å². The highest BCUT2D eigenvalue weighted by molar-refractivity contribution is 6.31. The van der Waals surface area contributed by atoms with Gasteiger partial charge in [-0.1, -0.05) is 35.9 Å². The van der Waals surface area contributed by atoms with E-state index in [-0.39, 0.29) is 11.9 Å². The molecule has 2 heterocycles. The molecule has 2 aliphatic rings. The molecule has 0 unspecified atom stereocenters. The van der Waals surface area contributed by atoms with Crippen molar-refractivity contribution in [2.45, 2.75) is 38.1 Å². The minimum absolute atomic E-state index is 0.104. The molecule has 4 rings (SSSR count). The SMILES string of the molecule is COc1cc(Cl)cc(C(=O)NC2CCN(C/C=C/c3ccc(OCCCN4CCCC4)cc3)CC2)c1. The van der Waals surface area contributed by atoms with Crippen molar-refractivity contribution in [3.8, 4) is 11.5 Å². The number of carbonyl (C=O) groups is 1. The predicted octanol–water partition coefficient (Wildman–Crippen LogP) is 5.12. The van der Waals surface area contributed by atoms with Gasteiger partial charge in [-0.15, -0.1) is 0 Å². The molecule has 0 radical (unpaired) electrons. The van der Waals surface area contributed by atoms with Gasteiger partial charge in [-0.25, -0.2) is 0 Å². The zero-order valence-corrected chi connectivity index (χ0v) is 22.0. The molecule has 6 nitrogen and oxygen atoms in total. The van der Waals surface area contributed by atoms with Crippen molar-refractivity contribution in [2.75, 3.05) is 53.0 Å². The van der Waals surface area contributed by atoms with Gasteiger partial charge < -0.3 is 19.7 Å². The lowest BCUT2D eigenvalue weighted by molar-refractivity contribution is 0.0913. The quantitative estimate of drug-likeness (QED) is 0.424. The molecule has 1 amide bonds. The number of nitrogens with zero attached hydrogens (tertiary/aromatic N) is 2. The molecule has 0 spiro atoms. The third-order valence-corrected chi connectivity index (χ3v) is 7.15. The maximum atomic E-state index is 12.6. The Morgan fingerprint density at radius 1 is 1.03 bits per heavy atom. The smallest absolute Gasteiger partial charge is 0.251 e. The number of likely N-dealkylation sites (tertiary alicyclic amines) is 2. The molecule has 36 heavy (non-hydrogen) atoms. The highest BCUT2D eigenvalue weighted by atomic mass is 35.5. The lowest BCUT2D eigenvalue weighted by Gasteiger charge is -2.31. The van der Waals surface area contributed by atoms with Crippen LogP contribution < -0.4 is 14.8 Å². The number of amides is 1. The predicted molar refractivity (Wildman–Crippen MR) is 146 cm³/mol. The fourth-order valence-electron chi connectivity index (χ4n) is 4.84. The Labute approximate surface area is 220 Å². The molecule has 1 N–H and O–H groups in total. The van der Waals surface area contributed by atoms with Crippen molar-refractivity contribution >= 4 is 23.6 Å². The minimum atomic E-state index is -0.104. The first kappa shape index (κ1) is 26.5. The van der Waals surface area contributed by atoms with E-state index in [4.69, 9.17) is 21.1 Å². The minimum Gasteiger partial charge on any atom is -0.497 e. The summed E-state index contributed by atoms with van der Waals surface area (Å²) in [6, 6.07) is 13.6. The summed E-state index contributed by atoms with van der Waals surface area (Å²) < 4.78 is 11.1. The van der Waals surface area contributed by atoms with Crippen molar-refractivity contribution in [1.29, 1.82) is 0 Å². The van der Waals surface area contributed by atoms with E-state index in [1.807, 2.05) is 0 Å². The summed E-state index contributed by atoms with van der Waals surface area (Å²) in [5.74, 6) is 1.42. The Bertz CT molecular complexity index is 997. The van der Waals surface area contributed by atoms with E-state index < -0.39 is 0 Å². The van der Waals surface area contributed by atoms with Crippen LogP contribution >= 0.6 is 11.6 Å². The summed E-state index contributed by atoms with van der Waals surface area (Å²) in [6.07, 6.45) is 10.0. The molecule has 0 atom stereocenters. The number of rotatable bonds is 11. The highest BCUT2D eigenvalue weighted by Gasteiger charge is 2.21. The Kier molecular flexibility index (Phi) is 10.1. The molecule has 0 aliphatic carbocycles. The number of hydrogen-bond acceptors (Lipinski definition) is 5. The van der Waals surface area contributed by atoms with E-state index in [0.29, 0.717) is 16.3 Å². The zero-order chi connectivity index (χ0) is 25.2. The first-order valence-electron chi connectivity index (χ1n) is 13.1. The van der Waals surface area contributed by atoms with Gasteiger partial charge in [0.1, 0.15) is 11.5 Å². The second-order valence-corrected chi connectivity index (χ2v) is 10.1. The van der Waals surface area contributed by atoms with Crippen LogP contribution in [0.4, 0.5) is 0 Å². The summed E-state index contributed by atoms with van der Waals surface area (Å²) in [6.45, 7) is 7.22. The highest BCUT2D eigenvalue weighted by Crippen LogP contribution is 2.21. The van der Waals surface area contributed by atoms with Gasteiger partial charge in [0.15, 0.2) is 0 Å². The van der Waals surface area contributed by atoms with E-state index in [1.165, 1.54) is 31.5 Å². The van der Waals surface area contributed by atoms with Gasteiger partial charge in [-0.2, -0.15) is 0 Å². The summed E-state index contributed by atoms with van der Waals surface area (Å²) in [5.41, 5.74) is 1.71. The van der Waals surface area contributed by atoms with Crippen molar-refractivity contribution in [2.24, 2.45) is 0 Å². The van der Waals surface area contributed by atoms with Crippen molar-refractivity contribution in [3.63, 3.8) is 0 Å². The number of carbonyl (C=O) groups excluding carboxylic acids is 1. The topological polar surface area (TPSA) is 54.0 Å². The largest absolute Gasteiger partial charge is 0.497 e. The maximum Gasteiger partial charge on any atom is 0.251 e. The molecule has 7 heteroatoms. The normalized spacial score (nSPS) is 17.5. The Morgan fingerprint density at radius 2 is 1.78 bits per heavy atom. The molecule has 2 aliphatic heterocycles. The van der Waals surface area contributed by atoms with Crippen LogP contribution in [-0.2, 0) is 0 Å². The third-order valence-electron chi connectivity index (χ3n) is 6.93. The second-order valence-electron chi connectivity index (χ2n) is 9.65. The maximum absolute atomic E-state index is 12.6. The lowest BCUT2D eigenvalue weighted by atomic mass is 10.0. The molecule has 0 aromatic heterocycles. The molecule has 194 valence electrons. The van der Waals surface area contributed by atoms with E-state index in [0.717, 1.165) is 57.8 Å². The average Bonchev–Trinajstić information content (AvgIpc) is 3.42. The van der Waals surface area contributed by atoms with Gasteiger partial charge in [-0.3, -0.25) is 9.69 Å². The fourth-order valence-corrected chi connectivity index (χ4v) is 5.06. The Balaban J connectivity index is 1.13. The molecule has 0 bridgehead atoms. The summed E-state index contributed by atoms with van der Waals surface area (Å²) in [7, 11) is 1.57. The van der Waals surface area contributed by atoms with Crippen LogP contribution in [0.1, 0.15) is 48.0 Å². The van der Waals surface area contributed by atoms with E-state index in [9.17, 15) is 4.79 Å². The third kappa shape index (κ3) is 8.26. The van der Waals surface area contributed by atoms with Gasteiger partial charge in [0, 0.05) is 42.8 Å². The standard InChI is InChI=1S/C29H38ClN3O3/c1-35-28-21-24(20-25(30)22-28)29(34)31-26-11-17-33(18-12-26)15-4-6-23-7-9-27(10-8-23)36-19-5-16-32-13-2-3-14-32/h4,6-10,20-22,26H,2-3,5,11-19H2,1H3,(H,31,34)/b6-4+. The van der Waals surface area contributed by atoms with Gasteiger partial charge in [0.2, 0.25) is 0 Å². The Hall–Kier alpha value is -2.54. The van der Waals surface area contributed by atoms with Gasteiger partial charge in [-0.05, 0) is 81.1 Å².